The van der Waals surface area contributed by atoms with Gasteiger partial charge in [-0.05, 0) is 23.1 Å². The molecule has 0 radical (unpaired) electrons. The fraction of sp³-hybridized carbons (Fsp3) is 0. The van der Waals surface area contributed by atoms with E-state index in [1.54, 1.807) is 24.3 Å². The van der Waals surface area contributed by atoms with Crippen molar-refractivity contribution in [3.8, 4) is 6.07 Å². The van der Waals surface area contributed by atoms with Crippen LogP contribution < -0.4 is 0 Å². The summed E-state index contributed by atoms with van der Waals surface area (Å²) >= 11 is 1.34. The molecule has 0 saturated carbocycles. The Morgan fingerprint density at radius 1 is 1.16 bits per heavy atom. The maximum atomic E-state index is 12.0. The van der Waals surface area contributed by atoms with Crippen LogP contribution in [0.4, 0.5) is 0 Å². The minimum Gasteiger partial charge on any atom is -0.287 e. The summed E-state index contributed by atoms with van der Waals surface area (Å²) < 4.78 is 0. The maximum Gasteiger partial charge on any atom is 0.213 e. The largest absolute Gasteiger partial charge is 0.287 e. The van der Waals surface area contributed by atoms with Crippen molar-refractivity contribution in [2.45, 2.75) is 0 Å². The number of hydrogen-bond acceptors (Lipinski definition) is 3. The van der Waals surface area contributed by atoms with E-state index in [2.05, 4.69) is 0 Å². The van der Waals surface area contributed by atoms with Gasteiger partial charge in [-0.1, -0.05) is 48.6 Å². The Morgan fingerprint density at radius 3 is 2.58 bits per heavy atom. The second-order valence-corrected chi connectivity index (χ2v) is 4.72. The summed E-state index contributed by atoms with van der Waals surface area (Å²) in [6.45, 7) is 0. The van der Waals surface area contributed by atoms with E-state index >= 15 is 0 Å². The summed E-state index contributed by atoms with van der Waals surface area (Å²) in [4.78, 5) is 12.5. The molecule has 2 nitrogen and oxygen atoms in total. The molecule has 0 spiro atoms. The number of nitriles is 1. The van der Waals surface area contributed by atoms with Gasteiger partial charge in [0.25, 0.3) is 0 Å². The predicted molar refractivity (Wildman–Crippen MR) is 77.8 cm³/mol. The number of allylic oxidation sites excluding steroid dienone is 3. The van der Waals surface area contributed by atoms with Gasteiger partial charge in [-0.2, -0.15) is 5.26 Å². The minimum absolute atomic E-state index is 0.148. The molecule has 0 aliphatic rings. The van der Waals surface area contributed by atoms with Crippen molar-refractivity contribution >= 4 is 23.2 Å². The molecule has 1 heterocycles. The number of thiophene rings is 1. The van der Waals surface area contributed by atoms with E-state index in [9.17, 15) is 4.79 Å². The predicted octanol–water partition coefficient (Wildman–Crippen LogP) is 4.09. The molecular weight excluding hydrogens is 254 g/mol. The zero-order valence-corrected chi connectivity index (χ0v) is 10.9. The van der Waals surface area contributed by atoms with Gasteiger partial charge in [0, 0.05) is 0 Å². The molecule has 0 aliphatic carbocycles. The van der Waals surface area contributed by atoms with Gasteiger partial charge in [-0.25, -0.2) is 0 Å². The van der Waals surface area contributed by atoms with Crippen molar-refractivity contribution in [3.05, 3.63) is 76.0 Å². The Labute approximate surface area is 115 Å². The highest BCUT2D eigenvalue weighted by Gasteiger charge is 2.11. The molecule has 0 N–H and O–H groups in total. The number of ketones is 1. The lowest BCUT2D eigenvalue weighted by Gasteiger charge is -1.93. The van der Waals surface area contributed by atoms with Crippen LogP contribution in [0.25, 0.3) is 6.08 Å². The Kier molecular flexibility index (Phi) is 4.44. The van der Waals surface area contributed by atoms with Gasteiger partial charge >= 0.3 is 0 Å². The van der Waals surface area contributed by atoms with Crippen LogP contribution in [-0.4, -0.2) is 5.78 Å². The second-order valence-electron chi connectivity index (χ2n) is 3.77. The zero-order valence-electron chi connectivity index (χ0n) is 10.1. The van der Waals surface area contributed by atoms with Gasteiger partial charge in [0.2, 0.25) is 5.78 Å². The highest BCUT2D eigenvalue weighted by molar-refractivity contribution is 7.12. The molecule has 0 aliphatic heterocycles. The number of hydrogen-bond donors (Lipinski definition) is 0. The number of Topliss-reactive ketones (excluding diaryl/α,β-unsaturated/α-hetero) is 1. The molecule has 0 unspecified atom stereocenters. The van der Waals surface area contributed by atoms with Crippen LogP contribution in [0.2, 0.25) is 0 Å². The molecule has 2 aromatic rings. The first kappa shape index (κ1) is 13.0. The van der Waals surface area contributed by atoms with Gasteiger partial charge in [0.1, 0.15) is 11.6 Å². The van der Waals surface area contributed by atoms with E-state index in [0.717, 1.165) is 5.56 Å². The average Bonchev–Trinajstić information content (AvgIpc) is 2.98. The molecule has 1 aromatic heterocycles. The second kappa shape index (κ2) is 6.48. The smallest absolute Gasteiger partial charge is 0.213 e. The van der Waals surface area contributed by atoms with Crippen LogP contribution >= 0.6 is 11.3 Å². The summed E-state index contributed by atoms with van der Waals surface area (Å²) in [6.07, 6.45) is 5.13. The van der Waals surface area contributed by atoms with Crippen molar-refractivity contribution in [2.75, 3.05) is 0 Å². The van der Waals surface area contributed by atoms with Crippen LogP contribution in [0.3, 0.4) is 0 Å². The van der Waals surface area contributed by atoms with Gasteiger partial charge in [-0.3, -0.25) is 4.79 Å². The van der Waals surface area contributed by atoms with Crippen LogP contribution in [-0.2, 0) is 0 Å². The van der Waals surface area contributed by atoms with Crippen molar-refractivity contribution in [1.82, 2.24) is 0 Å². The molecule has 92 valence electrons. The first-order valence-electron chi connectivity index (χ1n) is 5.73. The van der Waals surface area contributed by atoms with E-state index in [-0.39, 0.29) is 11.4 Å². The fourth-order valence-corrected chi connectivity index (χ4v) is 2.20. The lowest BCUT2D eigenvalue weighted by Crippen LogP contribution is -1.98. The van der Waals surface area contributed by atoms with Crippen molar-refractivity contribution < 1.29 is 4.79 Å². The van der Waals surface area contributed by atoms with Crippen LogP contribution in [0.15, 0.2) is 65.6 Å². The standard InChI is InChI=1S/C16H11NOS/c17-12-14(16(18)15-10-5-11-19-15)9-4-8-13-6-2-1-3-7-13/h1-11H/b8-4+,14-9-. The fourth-order valence-electron chi connectivity index (χ4n) is 1.52. The highest BCUT2D eigenvalue weighted by Crippen LogP contribution is 2.14. The van der Waals surface area contributed by atoms with E-state index in [1.807, 2.05) is 47.9 Å². The summed E-state index contributed by atoms with van der Waals surface area (Å²) in [7, 11) is 0. The molecule has 0 saturated heterocycles. The monoisotopic (exact) mass is 265 g/mol. The molecule has 0 bridgehead atoms. The van der Waals surface area contributed by atoms with Crippen molar-refractivity contribution in [1.29, 1.82) is 5.26 Å². The molecular formula is C16H11NOS. The third-order valence-corrected chi connectivity index (χ3v) is 3.33. The van der Waals surface area contributed by atoms with Gasteiger partial charge in [0.15, 0.2) is 0 Å². The molecule has 3 heteroatoms. The number of benzene rings is 1. The van der Waals surface area contributed by atoms with E-state index in [4.69, 9.17) is 5.26 Å². The number of nitrogens with zero attached hydrogens (tertiary/aromatic N) is 1. The van der Waals surface area contributed by atoms with E-state index < -0.39 is 0 Å². The highest BCUT2D eigenvalue weighted by atomic mass is 32.1. The third-order valence-electron chi connectivity index (χ3n) is 2.46. The average molecular weight is 265 g/mol. The topological polar surface area (TPSA) is 40.9 Å². The molecule has 2 rings (SSSR count). The number of carbonyl (C=O) groups excluding carboxylic acids is 1. The van der Waals surface area contributed by atoms with Gasteiger partial charge in [0.05, 0.1) is 4.88 Å². The first-order chi connectivity index (χ1) is 9.31. The third kappa shape index (κ3) is 3.51. The van der Waals surface area contributed by atoms with Gasteiger partial charge < -0.3 is 0 Å². The molecule has 19 heavy (non-hydrogen) atoms. The summed E-state index contributed by atoms with van der Waals surface area (Å²) in [5.74, 6) is -0.227. The van der Waals surface area contributed by atoms with E-state index in [1.165, 1.54) is 11.3 Å². The molecule has 0 amide bonds. The first-order valence-corrected chi connectivity index (χ1v) is 6.61. The zero-order chi connectivity index (χ0) is 13.5. The molecule has 0 fully saturated rings. The number of rotatable bonds is 4. The lowest BCUT2D eigenvalue weighted by molar-refractivity contribution is 0.104. The van der Waals surface area contributed by atoms with Crippen LogP contribution in [0.1, 0.15) is 15.2 Å². The van der Waals surface area contributed by atoms with Crippen molar-refractivity contribution in [2.24, 2.45) is 0 Å². The van der Waals surface area contributed by atoms with Crippen molar-refractivity contribution in [3.63, 3.8) is 0 Å². The normalized spacial score (nSPS) is 11.4. The SMILES string of the molecule is N#C/C(=C/C=C/c1ccccc1)C(=O)c1cccs1. The maximum absolute atomic E-state index is 12.0. The number of carbonyl (C=O) groups is 1. The molecule has 1 aromatic carbocycles. The quantitative estimate of drug-likeness (QED) is 0.361. The summed E-state index contributed by atoms with van der Waals surface area (Å²) in [5, 5.41) is 10.8. The minimum atomic E-state index is -0.227. The van der Waals surface area contributed by atoms with Gasteiger partial charge in [-0.15, -0.1) is 11.3 Å². The summed E-state index contributed by atoms with van der Waals surface area (Å²) in [5.41, 5.74) is 1.18. The summed E-state index contributed by atoms with van der Waals surface area (Å²) in [6, 6.07) is 15.2. The Bertz CT molecular complexity index is 646. The Hall–Kier alpha value is -2.44. The van der Waals surface area contributed by atoms with E-state index in [0.29, 0.717) is 4.88 Å². The molecule has 0 atom stereocenters. The Morgan fingerprint density at radius 2 is 1.95 bits per heavy atom. The Balaban J connectivity index is 2.15. The van der Waals surface area contributed by atoms with Crippen LogP contribution in [0, 0.1) is 11.3 Å². The lowest BCUT2D eigenvalue weighted by atomic mass is 10.1. The van der Waals surface area contributed by atoms with Crippen LogP contribution in [0.5, 0.6) is 0 Å².